The third-order valence-electron chi connectivity index (χ3n) is 2.38. The number of hydrogen-bond acceptors (Lipinski definition) is 1. The average Bonchev–Trinajstić information content (AvgIpc) is 2.30. The third kappa shape index (κ3) is 1.54. The largest absolute Gasteiger partial charge is 0.336 e. The van der Waals surface area contributed by atoms with Gasteiger partial charge >= 0.3 is 6.03 Å². The molecule has 1 rings (SSSR count). The van der Waals surface area contributed by atoms with E-state index in [2.05, 4.69) is 33.0 Å². The van der Waals surface area contributed by atoms with E-state index in [1.54, 1.807) is 0 Å². The van der Waals surface area contributed by atoms with Crippen LogP contribution in [0.4, 0.5) is 4.79 Å². The fourth-order valence-corrected chi connectivity index (χ4v) is 1.71. The molecule has 3 heteroatoms. The number of nitrogens with one attached hydrogen (secondary N) is 1. The molecule has 2 amide bonds. The summed E-state index contributed by atoms with van der Waals surface area (Å²) in [6.45, 7) is 9.22. The number of urea groups is 1. The Hall–Kier alpha value is -0.730. The maximum atomic E-state index is 11.3. The molecule has 1 atom stereocenters. The van der Waals surface area contributed by atoms with Crippen LogP contribution in [-0.4, -0.2) is 29.6 Å². The second kappa shape index (κ2) is 3.33. The van der Waals surface area contributed by atoms with Crippen LogP contribution in [-0.2, 0) is 0 Å². The first kappa shape index (κ1) is 9.36. The number of carbonyl (C=O) groups excluding carboxylic acids is 1. The van der Waals surface area contributed by atoms with Gasteiger partial charge in [0.1, 0.15) is 0 Å². The van der Waals surface area contributed by atoms with Crippen molar-refractivity contribution in [3.05, 3.63) is 0 Å². The van der Waals surface area contributed by atoms with Crippen LogP contribution in [0.25, 0.3) is 0 Å². The molecule has 3 nitrogen and oxygen atoms in total. The van der Waals surface area contributed by atoms with Crippen molar-refractivity contribution < 1.29 is 4.79 Å². The van der Waals surface area contributed by atoms with Crippen LogP contribution in [0.5, 0.6) is 0 Å². The maximum Gasteiger partial charge on any atom is 0.318 e. The lowest BCUT2D eigenvalue weighted by Gasteiger charge is -2.29. The molecule has 0 bridgehead atoms. The Balaban J connectivity index is 2.70. The van der Waals surface area contributed by atoms with Crippen molar-refractivity contribution in [1.82, 2.24) is 10.2 Å². The normalized spacial score (nSPS) is 24.0. The number of rotatable bonds is 2. The van der Waals surface area contributed by atoms with E-state index in [4.69, 9.17) is 0 Å². The Morgan fingerprint density at radius 2 is 2.00 bits per heavy atom. The molecule has 12 heavy (non-hydrogen) atoms. The molecule has 1 fully saturated rings. The molecule has 0 aromatic carbocycles. The van der Waals surface area contributed by atoms with Gasteiger partial charge in [-0.2, -0.15) is 0 Å². The average molecular weight is 170 g/mol. The molecule has 0 radical (unpaired) electrons. The number of amides is 2. The van der Waals surface area contributed by atoms with Gasteiger partial charge in [-0.3, -0.25) is 0 Å². The highest BCUT2D eigenvalue weighted by Gasteiger charge is 2.33. The van der Waals surface area contributed by atoms with Gasteiger partial charge in [0.05, 0.1) is 6.04 Å². The number of carbonyl (C=O) groups is 1. The van der Waals surface area contributed by atoms with Gasteiger partial charge in [-0.25, -0.2) is 4.79 Å². The number of hydrogen-bond donors (Lipinski definition) is 1. The molecule has 1 saturated heterocycles. The molecule has 1 unspecified atom stereocenters. The highest BCUT2D eigenvalue weighted by molar-refractivity contribution is 5.77. The summed E-state index contributed by atoms with van der Waals surface area (Å²) in [5.41, 5.74) is 0. The van der Waals surface area contributed by atoms with Crippen molar-refractivity contribution in [2.45, 2.75) is 39.8 Å². The van der Waals surface area contributed by atoms with E-state index in [0.717, 1.165) is 6.54 Å². The van der Waals surface area contributed by atoms with Crippen LogP contribution in [0.1, 0.15) is 27.7 Å². The molecule has 0 aromatic rings. The second-order valence-electron chi connectivity index (χ2n) is 4.00. The van der Waals surface area contributed by atoms with Crippen molar-refractivity contribution in [2.24, 2.45) is 5.92 Å². The summed E-state index contributed by atoms with van der Waals surface area (Å²) in [5.74, 6) is 0.534. The van der Waals surface area contributed by atoms with Gasteiger partial charge in [-0.15, -0.1) is 0 Å². The summed E-state index contributed by atoms with van der Waals surface area (Å²) in [5, 5.41) is 2.87. The summed E-state index contributed by atoms with van der Waals surface area (Å²) in [6, 6.07) is 0.765. The van der Waals surface area contributed by atoms with Crippen LogP contribution in [0.15, 0.2) is 0 Å². The Labute approximate surface area is 74.1 Å². The van der Waals surface area contributed by atoms with E-state index in [1.165, 1.54) is 0 Å². The van der Waals surface area contributed by atoms with Gasteiger partial charge in [-0.05, 0) is 19.8 Å². The van der Waals surface area contributed by atoms with E-state index in [9.17, 15) is 4.79 Å². The first-order chi connectivity index (χ1) is 5.54. The minimum Gasteiger partial charge on any atom is -0.336 e. The highest BCUT2D eigenvalue weighted by atomic mass is 16.2. The van der Waals surface area contributed by atoms with Crippen LogP contribution in [0.2, 0.25) is 0 Å². The summed E-state index contributed by atoms with van der Waals surface area (Å²) >= 11 is 0. The zero-order valence-electron chi connectivity index (χ0n) is 8.29. The Morgan fingerprint density at radius 1 is 1.42 bits per heavy atom. The Kier molecular flexibility index (Phi) is 2.60. The summed E-state index contributed by atoms with van der Waals surface area (Å²) in [4.78, 5) is 13.3. The predicted octanol–water partition coefficient (Wildman–Crippen LogP) is 1.44. The Bertz CT molecular complexity index is 177. The van der Waals surface area contributed by atoms with E-state index in [0.29, 0.717) is 18.0 Å². The molecule has 70 valence electrons. The first-order valence-corrected chi connectivity index (χ1v) is 4.60. The van der Waals surface area contributed by atoms with Crippen LogP contribution in [0.3, 0.4) is 0 Å². The molecule has 0 aromatic heterocycles. The minimum atomic E-state index is 0.0868. The van der Waals surface area contributed by atoms with Crippen molar-refractivity contribution in [1.29, 1.82) is 0 Å². The molecule has 1 aliphatic heterocycles. The second-order valence-corrected chi connectivity index (χ2v) is 4.00. The van der Waals surface area contributed by atoms with Crippen molar-refractivity contribution in [2.75, 3.05) is 6.54 Å². The lowest BCUT2D eigenvalue weighted by atomic mass is 10.0. The van der Waals surface area contributed by atoms with Gasteiger partial charge in [-0.1, -0.05) is 13.8 Å². The van der Waals surface area contributed by atoms with Gasteiger partial charge in [0.25, 0.3) is 0 Å². The van der Waals surface area contributed by atoms with Gasteiger partial charge in [0.2, 0.25) is 0 Å². The van der Waals surface area contributed by atoms with E-state index in [1.807, 2.05) is 4.90 Å². The smallest absolute Gasteiger partial charge is 0.318 e. The maximum absolute atomic E-state index is 11.3. The molecule has 1 aliphatic rings. The fourth-order valence-electron chi connectivity index (χ4n) is 1.71. The minimum absolute atomic E-state index is 0.0868. The van der Waals surface area contributed by atoms with Crippen molar-refractivity contribution >= 4 is 6.03 Å². The molecule has 0 spiro atoms. The molecular weight excluding hydrogens is 152 g/mol. The van der Waals surface area contributed by atoms with Crippen LogP contribution >= 0.6 is 0 Å². The molecule has 1 heterocycles. The van der Waals surface area contributed by atoms with Crippen LogP contribution < -0.4 is 5.32 Å². The van der Waals surface area contributed by atoms with Gasteiger partial charge in [0.15, 0.2) is 0 Å². The van der Waals surface area contributed by atoms with Gasteiger partial charge in [0, 0.05) is 12.6 Å². The van der Waals surface area contributed by atoms with Gasteiger partial charge < -0.3 is 10.2 Å². The van der Waals surface area contributed by atoms with E-state index in [-0.39, 0.29) is 6.03 Å². The molecule has 0 saturated carbocycles. The van der Waals surface area contributed by atoms with Crippen molar-refractivity contribution in [3.8, 4) is 0 Å². The van der Waals surface area contributed by atoms with E-state index < -0.39 is 0 Å². The van der Waals surface area contributed by atoms with Crippen molar-refractivity contribution in [3.63, 3.8) is 0 Å². The lowest BCUT2D eigenvalue weighted by Crippen LogP contribution is -2.42. The first-order valence-electron chi connectivity index (χ1n) is 4.60. The van der Waals surface area contributed by atoms with Crippen LogP contribution in [0, 0.1) is 5.92 Å². The molecule has 0 aliphatic carbocycles. The zero-order valence-corrected chi connectivity index (χ0v) is 8.29. The highest BCUT2D eigenvalue weighted by Crippen LogP contribution is 2.17. The summed E-state index contributed by atoms with van der Waals surface area (Å²) in [7, 11) is 0. The monoisotopic (exact) mass is 170 g/mol. The zero-order chi connectivity index (χ0) is 9.30. The lowest BCUT2D eigenvalue weighted by molar-refractivity contribution is 0.169. The predicted molar refractivity (Wildman–Crippen MR) is 49.0 cm³/mol. The SMILES string of the molecule is CC(C)C1CNC(=O)N1C(C)C. The third-order valence-corrected chi connectivity index (χ3v) is 2.38. The fraction of sp³-hybridized carbons (Fsp3) is 0.889. The molecular formula is C9H18N2O. The number of nitrogens with zero attached hydrogens (tertiary/aromatic N) is 1. The summed E-state index contributed by atoms with van der Waals surface area (Å²) in [6.07, 6.45) is 0. The standard InChI is InChI=1S/C9H18N2O/c1-6(2)8-5-10-9(12)11(8)7(3)4/h6-8H,5H2,1-4H3,(H,10,12). The van der Waals surface area contributed by atoms with E-state index >= 15 is 0 Å². The topological polar surface area (TPSA) is 32.3 Å². The summed E-state index contributed by atoms with van der Waals surface area (Å²) < 4.78 is 0. The Morgan fingerprint density at radius 3 is 2.33 bits per heavy atom. The quantitative estimate of drug-likeness (QED) is 0.668. The molecule has 1 N–H and O–H groups in total.